The highest BCUT2D eigenvalue weighted by Crippen LogP contribution is 2.22. The van der Waals surface area contributed by atoms with Crippen LogP contribution in [0.4, 0.5) is 5.69 Å². The molecule has 0 bridgehead atoms. The summed E-state index contributed by atoms with van der Waals surface area (Å²) in [6.07, 6.45) is 0.375. The van der Waals surface area contributed by atoms with Crippen LogP contribution >= 0.6 is 0 Å². The summed E-state index contributed by atoms with van der Waals surface area (Å²) in [5, 5.41) is 2.76. The Bertz CT molecular complexity index is 615. The van der Waals surface area contributed by atoms with E-state index >= 15 is 0 Å². The number of carbonyl (C=O) groups is 1. The average molecular weight is 326 g/mol. The molecule has 1 aromatic rings. The molecule has 0 aliphatic heterocycles. The zero-order chi connectivity index (χ0) is 17.0. The highest BCUT2D eigenvalue weighted by atomic mass is 32.2. The molecule has 124 valence electrons. The number of hydrogen-bond acceptors (Lipinski definition) is 3. The van der Waals surface area contributed by atoms with Gasteiger partial charge in [-0.2, -0.15) is 4.31 Å². The summed E-state index contributed by atoms with van der Waals surface area (Å²) < 4.78 is 26.3. The van der Waals surface area contributed by atoms with Crippen LogP contribution in [0.1, 0.15) is 41.0 Å². The van der Waals surface area contributed by atoms with E-state index in [0.717, 1.165) is 0 Å². The summed E-state index contributed by atoms with van der Waals surface area (Å²) in [5.41, 5.74) is 0.386. The molecule has 1 N–H and O–H groups in total. The van der Waals surface area contributed by atoms with Crippen molar-refractivity contribution < 1.29 is 13.2 Å². The summed E-state index contributed by atoms with van der Waals surface area (Å²) in [7, 11) is -3.51. The largest absolute Gasteiger partial charge is 0.326 e. The average Bonchev–Trinajstić information content (AvgIpc) is 2.37. The minimum Gasteiger partial charge on any atom is -0.326 e. The van der Waals surface area contributed by atoms with E-state index in [2.05, 4.69) is 5.32 Å². The SMILES string of the molecule is CCN(CC)S(=O)(=O)c1cccc(NC(=O)CC(C)(C)C)c1. The number of sulfonamides is 1. The maximum atomic E-state index is 12.5. The van der Waals surface area contributed by atoms with Crippen molar-refractivity contribution in [2.45, 2.75) is 45.9 Å². The van der Waals surface area contributed by atoms with Gasteiger partial charge in [0.15, 0.2) is 0 Å². The topological polar surface area (TPSA) is 66.5 Å². The van der Waals surface area contributed by atoms with Crippen molar-refractivity contribution in [3.63, 3.8) is 0 Å². The van der Waals surface area contributed by atoms with Gasteiger partial charge in [-0.1, -0.05) is 40.7 Å². The number of rotatable bonds is 6. The van der Waals surface area contributed by atoms with Gasteiger partial charge in [-0.3, -0.25) is 4.79 Å². The summed E-state index contributed by atoms with van der Waals surface area (Å²) in [5.74, 6) is -0.120. The lowest BCUT2D eigenvalue weighted by Gasteiger charge is -2.19. The van der Waals surface area contributed by atoms with E-state index in [1.807, 2.05) is 20.8 Å². The lowest BCUT2D eigenvalue weighted by molar-refractivity contribution is -0.117. The molecule has 6 heteroatoms. The van der Waals surface area contributed by atoms with E-state index in [0.29, 0.717) is 25.2 Å². The maximum absolute atomic E-state index is 12.5. The van der Waals surface area contributed by atoms with Crippen LogP contribution in [0.15, 0.2) is 29.2 Å². The van der Waals surface area contributed by atoms with E-state index in [9.17, 15) is 13.2 Å². The van der Waals surface area contributed by atoms with Gasteiger partial charge in [-0.05, 0) is 23.6 Å². The Labute approximate surface area is 133 Å². The van der Waals surface area contributed by atoms with E-state index in [-0.39, 0.29) is 16.2 Å². The maximum Gasteiger partial charge on any atom is 0.243 e. The molecule has 0 saturated heterocycles. The number of hydrogen-bond donors (Lipinski definition) is 1. The third-order valence-corrected chi connectivity index (χ3v) is 5.20. The van der Waals surface area contributed by atoms with E-state index in [1.165, 1.54) is 10.4 Å². The highest BCUT2D eigenvalue weighted by Gasteiger charge is 2.22. The van der Waals surface area contributed by atoms with Crippen molar-refractivity contribution >= 4 is 21.6 Å². The second-order valence-electron chi connectivity index (χ2n) is 6.40. The summed E-state index contributed by atoms with van der Waals surface area (Å²) in [6.45, 7) is 10.4. The van der Waals surface area contributed by atoms with Crippen LogP contribution in [0.25, 0.3) is 0 Å². The van der Waals surface area contributed by atoms with E-state index in [4.69, 9.17) is 0 Å². The molecule has 1 amide bonds. The Morgan fingerprint density at radius 3 is 2.27 bits per heavy atom. The minimum atomic E-state index is -3.51. The molecule has 22 heavy (non-hydrogen) atoms. The molecule has 1 rings (SSSR count). The Morgan fingerprint density at radius 1 is 1.18 bits per heavy atom. The molecule has 0 heterocycles. The second kappa shape index (κ2) is 7.24. The quantitative estimate of drug-likeness (QED) is 0.873. The zero-order valence-electron chi connectivity index (χ0n) is 14.0. The predicted octanol–water partition coefficient (Wildman–Crippen LogP) is 3.09. The van der Waals surface area contributed by atoms with Crippen LogP contribution in [0.5, 0.6) is 0 Å². The lowest BCUT2D eigenvalue weighted by Crippen LogP contribution is -2.30. The minimum absolute atomic E-state index is 0.116. The number of nitrogens with one attached hydrogen (secondary N) is 1. The van der Waals surface area contributed by atoms with Crippen molar-refractivity contribution in [3.8, 4) is 0 Å². The van der Waals surface area contributed by atoms with Crippen molar-refractivity contribution in [3.05, 3.63) is 24.3 Å². The van der Waals surface area contributed by atoms with Gasteiger partial charge >= 0.3 is 0 Å². The van der Waals surface area contributed by atoms with Crippen molar-refractivity contribution in [1.82, 2.24) is 4.31 Å². The van der Waals surface area contributed by atoms with Crippen LogP contribution in [-0.2, 0) is 14.8 Å². The molecule has 0 atom stereocenters. The molecule has 1 aromatic carbocycles. The molecule has 0 aromatic heterocycles. The summed E-state index contributed by atoms with van der Waals surface area (Å²) in [6, 6.07) is 6.40. The van der Waals surface area contributed by atoms with Crippen LogP contribution in [0.2, 0.25) is 0 Å². The van der Waals surface area contributed by atoms with Gasteiger partial charge in [-0.25, -0.2) is 8.42 Å². The Morgan fingerprint density at radius 2 is 1.77 bits per heavy atom. The molecular weight excluding hydrogens is 300 g/mol. The van der Waals surface area contributed by atoms with Crippen LogP contribution < -0.4 is 5.32 Å². The van der Waals surface area contributed by atoms with Crippen LogP contribution in [0, 0.1) is 5.41 Å². The van der Waals surface area contributed by atoms with E-state index in [1.54, 1.807) is 32.0 Å². The molecule has 5 nitrogen and oxygen atoms in total. The number of benzene rings is 1. The monoisotopic (exact) mass is 326 g/mol. The lowest BCUT2D eigenvalue weighted by atomic mass is 9.92. The molecule has 0 aliphatic rings. The van der Waals surface area contributed by atoms with E-state index < -0.39 is 10.0 Å². The normalized spacial score (nSPS) is 12.5. The third-order valence-electron chi connectivity index (χ3n) is 3.15. The predicted molar refractivity (Wildman–Crippen MR) is 89.3 cm³/mol. The Hall–Kier alpha value is -1.40. The fourth-order valence-corrected chi connectivity index (χ4v) is 3.64. The number of amides is 1. The molecule has 0 saturated carbocycles. The highest BCUT2D eigenvalue weighted by molar-refractivity contribution is 7.89. The summed E-state index contributed by atoms with van der Waals surface area (Å²) >= 11 is 0. The molecule has 0 aliphatic carbocycles. The Kier molecular flexibility index (Phi) is 6.14. The van der Waals surface area contributed by atoms with Gasteiger partial charge in [0.2, 0.25) is 15.9 Å². The fourth-order valence-electron chi connectivity index (χ4n) is 2.13. The molecule has 0 radical (unpaired) electrons. The van der Waals surface area contributed by atoms with Crippen molar-refractivity contribution in [1.29, 1.82) is 0 Å². The zero-order valence-corrected chi connectivity index (χ0v) is 14.8. The number of anilines is 1. The van der Waals surface area contributed by atoms with Crippen molar-refractivity contribution in [2.75, 3.05) is 18.4 Å². The molecule has 0 fully saturated rings. The standard InChI is InChI=1S/C16H26N2O3S/c1-6-18(7-2)22(20,21)14-10-8-9-13(11-14)17-15(19)12-16(3,4)5/h8-11H,6-7,12H2,1-5H3,(H,17,19). The van der Waals surface area contributed by atoms with Gasteiger partial charge in [0.25, 0.3) is 0 Å². The number of carbonyl (C=O) groups excluding carboxylic acids is 1. The van der Waals surface area contributed by atoms with Crippen molar-refractivity contribution in [2.24, 2.45) is 5.41 Å². The van der Waals surface area contributed by atoms with Gasteiger partial charge < -0.3 is 5.32 Å². The fraction of sp³-hybridized carbons (Fsp3) is 0.562. The smallest absolute Gasteiger partial charge is 0.243 e. The van der Waals surface area contributed by atoms with Gasteiger partial charge in [0.1, 0.15) is 0 Å². The van der Waals surface area contributed by atoms with Crippen LogP contribution in [0.3, 0.4) is 0 Å². The second-order valence-corrected chi connectivity index (χ2v) is 8.34. The van der Waals surface area contributed by atoms with Crippen LogP contribution in [-0.4, -0.2) is 31.7 Å². The molecule has 0 spiro atoms. The molecule has 0 unspecified atom stereocenters. The first kappa shape index (κ1) is 18.6. The van der Waals surface area contributed by atoms with Gasteiger partial charge in [-0.15, -0.1) is 0 Å². The first-order valence-electron chi connectivity index (χ1n) is 7.50. The molecular formula is C16H26N2O3S. The third kappa shape index (κ3) is 5.10. The van der Waals surface area contributed by atoms with Gasteiger partial charge in [0, 0.05) is 25.2 Å². The number of nitrogens with zero attached hydrogens (tertiary/aromatic N) is 1. The first-order chi connectivity index (χ1) is 10.1. The van der Waals surface area contributed by atoms with Gasteiger partial charge in [0.05, 0.1) is 4.90 Å². The first-order valence-corrected chi connectivity index (χ1v) is 8.94. The summed E-state index contributed by atoms with van der Waals surface area (Å²) in [4.78, 5) is 12.2. The Balaban J connectivity index is 2.98.